The number of anilines is 1. The van der Waals surface area contributed by atoms with Crippen molar-refractivity contribution in [2.24, 2.45) is 5.92 Å². The highest BCUT2D eigenvalue weighted by molar-refractivity contribution is 6.31. The minimum Gasteiger partial charge on any atom is -0.439 e. The molecule has 0 spiro atoms. The molecule has 0 atom stereocenters. The summed E-state index contributed by atoms with van der Waals surface area (Å²) < 4.78 is 5.90. The van der Waals surface area contributed by atoms with Gasteiger partial charge in [-0.1, -0.05) is 48.9 Å². The minimum absolute atomic E-state index is 0.0108. The van der Waals surface area contributed by atoms with Gasteiger partial charge in [0.2, 0.25) is 11.8 Å². The number of ether oxygens (including phenoxy) is 1. The van der Waals surface area contributed by atoms with Crippen molar-refractivity contribution in [1.82, 2.24) is 15.3 Å². The van der Waals surface area contributed by atoms with Crippen LogP contribution in [0.5, 0.6) is 11.6 Å². The van der Waals surface area contributed by atoms with E-state index < -0.39 is 0 Å². The molecule has 2 heterocycles. The minimum atomic E-state index is -0.0108. The third-order valence-electron chi connectivity index (χ3n) is 5.78. The van der Waals surface area contributed by atoms with E-state index in [1.54, 1.807) is 0 Å². The molecule has 1 aliphatic heterocycles. The first-order valence-electron chi connectivity index (χ1n) is 11.0. The monoisotopic (exact) mass is 450 g/mol. The van der Waals surface area contributed by atoms with Gasteiger partial charge in [0, 0.05) is 36.6 Å². The zero-order valence-electron chi connectivity index (χ0n) is 18.1. The van der Waals surface area contributed by atoms with Gasteiger partial charge in [0.05, 0.1) is 0 Å². The van der Waals surface area contributed by atoms with E-state index in [4.69, 9.17) is 16.3 Å². The summed E-state index contributed by atoms with van der Waals surface area (Å²) in [5.74, 6) is 2.14. The molecule has 0 unspecified atom stereocenters. The van der Waals surface area contributed by atoms with Gasteiger partial charge in [0.25, 0.3) is 0 Å². The first-order valence-corrected chi connectivity index (χ1v) is 11.3. The molecule has 0 bridgehead atoms. The van der Waals surface area contributed by atoms with Gasteiger partial charge >= 0.3 is 0 Å². The third kappa shape index (κ3) is 5.56. The summed E-state index contributed by atoms with van der Waals surface area (Å²) in [5, 5.41) is 3.69. The SMILES string of the molecule is CCc1ccc(Oc2cc(N3CCC(C(=O)NCc4ccccc4Cl)CC3)ncn2)cc1. The van der Waals surface area contributed by atoms with E-state index >= 15 is 0 Å². The smallest absolute Gasteiger partial charge is 0.224 e. The third-order valence-corrected chi connectivity index (χ3v) is 6.15. The Hall–Kier alpha value is -3.12. The van der Waals surface area contributed by atoms with E-state index in [0.717, 1.165) is 49.5 Å². The molecular formula is C25H27ClN4O2. The van der Waals surface area contributed by atoms with Crippen LogP contribution in [0, 0.1) is 5.92 Å². The maximum absolute atomic E-state index is 12.6. The van der Waals surface area contributed by atoms with E-state index in [1.807, 2.05) is 42.5 Å². The molecule has 1 N–H and O–H groups in total. The number of nitrogens with zero attached hydrogens (tertiary/aromatic N) is 3. The van der Waals surface area contributed by atoms with Crippen LogP contribution in [0.15, 0.2) is 60.9 Å². The van der Waals surface area contributed by atoms with Crippen molar-refractivity contribution in [3.63, 3.8) is 0 Å². The number of carbonyl (C=O) groups is 1. The Morgan fingerprint density at radius 1 is 1.12 bits per heavy atom. The number of nitrogens with one attached hydrogen (secondary N) is 1. The summed E-state index contributed by atoms with van der Waals surface area (Å²) >= 11 is 6.18. The Morgan fingerprint density at radius 2 is 1.88 bits per heavy atom. The van der Waals surface area contributed by atoms with Crippen LogP contribution in [0.4, 0.5) is 5.82 Å². The van der Waals surface area contributed by atoms with Gasteiger partial charge < -0.3 is 15.0 Å². The first kappa shape index (κ1) is 22.1. The topological polar surface area (TPSA) is 67.3 Å². The van der Waals surface area contributed by atoms with Gasteiger partial charge in [-0.15, -0.1) is 0 Å². The molecule has 3 aromatic rings. The number of aryl methyl sites for hydroxylation is 1. The molecule has 0 saturated carbocycles. The van der Waals surface area contributed by atoms with E-state index in [9.17, 15) is 4.79 Å². The lowest BCUT2D eigenvalue weighted by molar-refractivity contribution is -0.125. The van der Waals surface area contributed by atoms with Crippen molar-refractivity contribution >= 4 is 23.3 Å². The fourth-order valence-corrected chi connectivity index (χ4v) is 4.01. The Morgan fingerprint density at radius 3 is 2.59 bits per heavy atom. The average molecular weight is 451 g/mol. The molecule has 1 aromatic heterocycles. The molecule has 1 aliphatic rings. The fourth-order valence-electron chi connectivity index (χ4n) is 3.81. The molecule has 0 aliphatic carbocycles. The van der Waals surface area contributed by atoms with Crippen LogP contribution in [0.1, 0.15) is 30.9 Å². The van der Waals surface area contributed by atoms with Crippen LogP contribution in [0.25, 0.3) is 0 Å². The van der Waals surface area contributed by atoms with Crippen LogP contribution >= 0.6 is 11.6 Å². The van der Waals surface area contributed by atoms with E-state index in [-0.39, 0.29) is 11.8 Å². The lowest BCUT2D eigenvalue weighted by atomic mass is 9.96. The van der Waals surface area contributed by atoms with E-state index in [0.29, 0.717) is 17.4 Å². The van der Waals surface area contributed by atoms with Crippen LogP contribution < -0.4 is 15.0 Å². The van der Waals surface area contributed by atoms with Gasteiger partial charge in [0.15, 0.2) is 0 Å². The molecule has 166 valence electrons. The Balaban J connectivity index is 1.30. The number of rotatable bonds is 7. The van der Waals surface area contributed by atoms with Crippen LogP contribution in [0.2, 0.25) is 5.02 Å². The first-order chi connectivity index (χ1) is 15.6. The van der Waals surface area contributed by atoms with Crippen molar-refractivity contribution in [2.45, 2.75) is 32.7 Å². The van der Waals surface area contributed by atoms with Gasteiger partial charge in [-0.25, -0.2) is 9.97 Å². The number of carbonyl (C=O) groups excluding carboxylic acids is 1. The van der Waals surface area contributed by atoms with Crippen molar-refractivity contribution < 1.29 is 9.53 Å². The second-order valence-electron chi connectivity index (χ2n) is 7.88. The normalized spacial score (nSPS) is 14.2. The number of piperidine rings is 1. The van der Waals surface area contributed by atoms with Crippen molar-refractivity contribution in [1.29, 1.82) is 0 Å². The molecule has 6 nitrogen and oxygen atoms in total. The highest BCUT2D eigenvalue weighted by atomic mass is 35.5. The maximum atomic E-state index is 12.6. The van der Waals surface area contributed by atoms with Crippen LogP contribution in [-0.2, 0) is 17.8 Å². The number of aromatic nitrogens is 2. The zero-order valence-corrected chi connectivity index (χ0v) is 18.9. The van der Waals surface area contributed by atoms with E-state index in [2.05, 4.69) is 39.2 Å². The summed E-state index contributed by atoms with van der Waals surface area (Å²) in [6.45, 7) is 4.08. The quantitative estimate of drug-likeness (QED) is 0.547. The molecule has 32 heavy (non-hydrogen) atoms. The maximum Gasteiger partial charge on any atom is 0.224 e. The fraction of sp³-hybridized carbons (Fsp3) is 0.320. The lowest BCUT2D eigenvalue weighted by Crippen LogP contribution is -2.40. The van der Waals surface area contributed by atoms with Crippen molar-refractivity contribution in [2.75, 3.05) is 18.0 Å². The van der Waals surface area contributed by atoms with Crippen LogP contribution in [0.3, 0.4) is 0 Å². The lowest BCUT2D eigenvalue weighted by Gasteiger charge is -2.32. The largest absolute Gasteiger partial charge is 0.439 e. The predicted molar refractivity (Wildman–Crippen MR) is 126 cm³/mol. The number of hydrogen-bond acceptors (Lipinski definition) is 5. The Labute approximate surface area is 193 Å². The highest BCUT2D eigenvalue weighted by Gasteiger charge is 2.26. The van der Waals surface area contributed by atoms with Gasteiger partial charge in [-0.2, -0.15) is 0 Å². The standard InChI is InChI=1S/C25H27ClN4O2/c1-2-18-7-9-21(10-8-18)32-24-15-23(28-17-29-24)30-13-11-19(12-14-30)25(31)27-16-20-5-3-4-6-22(20)26/h3-10,15,17,19H,2,11-14,16H2,1H3,(H,27,31). The molecule has 7 heteroatoms. The Kier molecular flexibility index (Phi) is 7.22. The number of amides is 1. The summed E-state index contributed by atoms with van der Waals surface area (Å²) in [4.78, 5) is 23.4. The number of benzene rings is 2. The molecular weight excluding hydrogens is 424 g/mol. The van der Waals surface area contributed by atoms with Crippen molar-refractivity contribution in [3.05, 3.63) is 77.1 Å². The second kappa shape index (κ2) is 10.5. The highest BCUT2D eigenvalue weighted by Crippen LogP contribution is 2.26. The molecule has 1 saturated heterocycles. The number of halogens is 1. The molecule has 1 amide bonds. The van der Waals surface area contributed by atoms with Gasteiger partial charge in [-0.05, 0) is 48.6 Å². The summed E-state index contributed by atoms with van der Waals surface area (Å²) in [5.41, 5.74) is 2.19. The van der Waals surface area contributed by atoms with Crippen LogP contribution in [-0.4, -0.2) is 29.0 Å². The van der Waals surface area contributed by atoms with Gasteiger partial charge in [0.1, 0.15) is 17.9 Å². The number of hydrogen-bond donors (Lipinski definition) is 1. The summed E-state index contributed by atoms with van der Waals surface area (Å²) in [7, 11) is 0. The van der Waals surface area contributed by atoms with Gasteiger partial charge in [-0.3, -0.25) is 4.79 Å². The molecule has 4 rings (SSSR count). The molecule has 0 radical (unpaired) electrons. The zero-order chi connectivity index (χ0) is 22.3. The van der Waals surface area contributed by atoms with Crippen molar-refractivity contribution in [3.8, 4) is 11.6 Å². The summed E-state index contributed by atoms with van der Waals surface area (Å²) in [6, 6.07) is 17.4. The average Bonchev–Trinajstić information content (AvgIpc) is 2.84. The predicted octanol–water partition coefficient (Wildman–Crippen LogP) is 5.02. The summed E-state index contributed by atoms with van der Waals surface area (Å²) in [6.07, 6.45) is 4.06. The Bertz CT molecular complexity index is 1050. The second-order valence-corrected chi connectivity index (χ2v) is 8.29. The van der Waals surface area contributed by atoms with E-state index in [1.165, 1.54) is 11.9 Å². The molecule has 2 aromatic carbocycles. The molecule has 1 fully saturated rings.